The van der Waals surface area contributed by atoms with Gasteiger partial charge in [-0.3, -0.25) is 0 Å². The molecule has 0 aliphatic carbocycles. The molecule has 0 bridgehead atoms. The molecular weight excluding hydrogens is 366 g/mol. The molecule has 0 atom stereocenters. The highest BCUT2D eigenvalue weighted by atomic mass is 79.9. The molecule has 1 heterocycles. The zero-order valence-corrected chi connectivity index (χ0v) is 14.4. The van der Waals surface area contributed by atoms with E-state index in [-0.39, 0.29) is 23.5 Å². The molecule has 0 radical (unpaired) electrons. The molecule has 2 aromatic rings. The van der Waals surface area contributed by atoms with Crippen molar-refractivity contribution in [3.63, 3.8) is 0 Å². The Balaban J connectivity index is 0.00000176. The van der Waals surface area contributed by atoms with Gasteiger partial charge in [-0.1, -0.05) is 29.8 Å². The molecule has 0 saturated heterocycles. The van der Waals surface area contributed by atoms with Crippen molar-refractivity contribution in [2.75, 3.05) is 13.6 Å². The Hall–Kier alpha value is -1.85. The molecule has 0 spiro atoms. The standard InChI is InChI=1S/C16H14ClN3O.BrH/c1-18-15-10-20(21)16(11-5-3-2-4-6-11)13-9-12(17)7-8-14(13)19-15;/h2-9H,10H2,1H3,(H,18,19);1H. The predicted octanol–water partition coefficient (Wildman–Crippen LogP) is 3.53. The number of nitrogens with zero attached hydrogens (tertiary/aromatic N) is 2. The van der Waals surface area contributed by atoms with Crippen molar-refractivity contribution in [3.8, 4) is 0 Å². The first-order chi connectivity index (χ1) is 10.2. The molecule has 0 unspecified atom stereocenters. The van der Waals surface area contributed by atoms with Gasteiger partial charge in [0.2, 0.25) is 12.3 Å². The summed E-state index contributed by atoms with van der Waals surface area (Å²) < 4.78 is 0.951. The fraction of sp³-hybridized carbons (Fsp3) is 0.125. The summed E-state index contributed by atoms with van der Waals surface area (Å²) in [6.07, 6.45) is 0. The molecule has 0 amide bonds. The van der Waals surface area contributed by atoms with Crippen molar-refractivity contribution in [2.45, 2.75) is 0 Å². The summed E-state index contributed by atoms with van der Waals surface area (Å²) in [5.41, 5.74) is 2.92. The SMILES string of the molecule is Br.CNC1=Nc2ccc(Cl)cc2C(c2ccccc2)=[N+]([O-])C1. The van der Waals surface area contributed by atoms with Crippen molar-refractivity contribution >= 4 is 45.8 Å². The normalized spacial score (nSPS) is 13.6. The van der Waals surface area contributed by atoms with Crippen LogP contribution < -0.4 is 5.32 Å². The molecule has 0 saturated carbocycles. The number of benzene rings is 2. The van der Waals surface area contributed by atoms with E-state index in [0.717, 1.165) is 21.6 Å². The van der Waals surface area contributed by atoms with Gasteiger partial charge in [-0.05, 0) is 30.3 Å². The predicted molar refractivity (Wildman–Crippen MR) is 96.1 cm³/mol. The quantitative estimate of drug-likeness (QED) is 0.608. The van der Waals surface area contributed by atoms with Crippen LogP contribution >= 0.6 is 28.6 Å². The number of hydrogen-bond acceptors (Lipinski definition) is 3. The second-order valence-corrected chi connectivity index (χ2v) is 5.16. The smallest absolute Gasteiger partial charge is 0.228 e. The maximum absolute atomic E-state index is 12.6. The summed E-state index contributed by atoms with van der Waals surface area (Å²) in [4.78, 5) is 4.51. The highest BCUT2D eigenvalue weighted by Crippen LogP contribution is 2.27. The zero-order valence-electron chi connectivity index (χ0n) is 11.9. The zero-order chi connectivity index (χ0) is 14.8. The van der Waals surface area contributed by atoms with Crippen LogP contribution in [0.1, 0.15) is 11.1 Å². The molecule has 1 aliphatic rings. The number of nitrogens with one attached hydrogen (secondary N) is 1. The largest absolute Gasteiger partial charge is 0.623 e. The van der Waals surface area contributed by atoms with Crippen molar-refractivity contribution in [1.29, 1.82) is 0 Å². The van der Waals surface area contributed by atoms with Crippen molar-refractivity contribution in [1.82, 2.24) is 5.32 Å². The fourth-order valence-corrected chi connectivity index (χ4v) is 2.53. The van der Waals surface area contributed by atoms with E-state index in [2.05, 4.69) is 10.3 Å². The van der Waals surface area contributed by atoms with Crippen molar-refractivity contribution in [3.05, 3.63) is 69.9 Å². The lowest BCUT2D eigenvalue weighted by Gasteiger charge is -2.10. The molecule has 1 N–H and O–H groups in total. The van der Waals surface area contributed by atoms with E-state index in [4.69, 9.17) is 11.6 Å². The van der Waals surface area contributed by atoms with Crippen molar-refractivity contribution < 1.29 is 4.74 Å². The number of rotatable bonds is 1. The van der Waals surface area contributed by atoms with Gasteiger partial charge in [-0.15, -0.1) is 17.0 Å². The molecule has 2 aromatic carbocycles. The van der Waals surface area contributed by atoms with Crippen LogP contribution in [0, 0.1) is 5.21 Å². The number of hydrogen-bond donors (Lipinski definition) is 1. The molecule has 6 heteroatoms. The van der Waals surface area contributed by atoms with Crippen LogP contribution in [0.25, 0.3) is 0 Å². The van der Waals surface area contributed by atoms with Gasteiger partial charge in [0.1, 0.15) is 0 Å². The minimum absolute atomic E-state index is 0. The maximum atomic E-state index is 12.6. The molecule has 0 fully saturated rings. The number of halogens is 2. The third-order valence-electron chi connectivity index (χ3n) is 3.35. The minimum Gasteiger partial charge on any atom is -0.623 e. The number of amidine groups is 1. The summed E-state index contributed by atoms with van der Waals surface area (Å²) in [6, 6.07) is 15.0. The topological polar surface area (TPSA) is 50.5 Å². The van der Waals surface area contributed by atoms with Gasteiger partial charge >= 0.3 is 0 Å². The monoisotopic (exact) mass is 379 g/mol. The number of aliphatic imine (C=N–C) groups is 1. The third-order valence-corrected chi connectivity index (χ3v) is 3.58. The van der Waals surface area contributed by atoms with E-state index in [0.29, 0.717) is 16.6 Å². The highest BCUT2D eigenvalue weighted by Gasteiger charge is 2.24. The lowest BCUT2D eigenvalue weighted by Crippen LogP contribution is -2.29. The summed E-state index contributed by atoms with van der Waals surface area (Å²) in [5, 5.41) is 16.1. The first-order valence-electron chi connectivity index (χ1n) is 6.61. The molecule has 22 heavy (non-hydrogen) atoms. The van der Waals surface area contributed by atoms with Gasteiger partial charge in [0.05, 0.1) is 11.3 Å². The summed E-state index contributed by atoms with van der Waals surface area (Å²) in [6.45, 7) is 0.174. The molecule has 114 valence electrons. The number of fused-ring (bicyclic) bond motifs is 1. The summed E-state index contributed by atoms with van der Waals surface area (Å²) in [5.74, 6) is 0.625. The molecular formula is C16H15BrClN3O. The average molecular weight is 381 g/mol. The summed E-state index contributed by atoms with van der Waals surface area (Å²) in [7, 11) is 1.76. The van der Waals surface area contributed by atoms with E-state index in [1.807, 2.05) is 36.4 Å². The lowest BCUT2D eigenvalue weighted by molar-refractivity contribution is -0.439. The molecule has 1 aliphatic heterocycles. The number of hydroxylamine groups is 1. The van der Waals surface area contributed by atoms with Crippen LogP contribution in [0.15, 0.2) is 53.5 Å². The van der Waals surface area contributed by atoms with E-state index in [9.17, 15) is 5.21 Å². The van der Waals surface area contributed by atoms with E-state index < -0.39 is 0 Å². The second kappa shape index (κ2) is 6.94. The van der Waals surface area contributed by atoms with Gasteiger partial charge in [0, 0.05) is 17.6 Å². The highest BCUT2D eigenvalue weighted by molar-refractivity contribution is 8.93. The van der Waals surface area contributed by atoms with Crippen LogP contribution in [0.4, 0.5) is 5.69 Å². The summed E-state index contributed by atoms with van der Waals surface area (Å²) >= 11 is 6.10. The van der Waals surface area contributed by atoms with Crippen molar-refractivity contribution in [2.24, 2.45) is 4.99 Å². The van der Waals surface area contributed by atoms with E-state index in [1.165, 1.54) is 0 Å². The lowest BCUT2D eigenvalue weighted by atomic mass is 10.0. The average Bonchev–Trinajstić information content (AvgIpc) is 2.63. The first-order valence-corrected chi connectivity index (χ1v) is 6.99. The molecule has 4 nitrogen and oxygen atoms in total. The van der Waals surface area contributed by atoms with Gasteiger partial charge in [0.25, 0.3) is 0 Å². The van der Waals surface area contributed by atoms with Crippen LogP contribution in [0.3, 0.4) is 0 Å². The Kier molecular flexibility index (Phi) is 5.21. The second-order valence-electron chi connectivity index (χ2n) is 4.72. The number of likely N-dealkylation sites (N-methyl/N-ethyl adjacent to an activating group) is 1. The molecule has 3 rings (SSSR count). The van der Waals surface area contributed by atoms with E-state index in [1.54, 1.807) is 19.2 Å². The Bertz CT molecular complexity index is 744. The van der Waals surface area contributed by atoms with Crippen LogP contribution in [-0.4, -0.2) is 29.9 Å². The fourth-order valence-electron chi connectivity index (χ4n) is 2.36. The maximum Gasteiger partial charge on any atom is 0.228 e. The van der Waals surface area contributed by atoms with Crippen LogP contribution in [0.2, 0.25) is 5.02 Å². The van der Waals surface area contributed by atoms with Gasteiger partial charge in [-0.2, -0.15) is 4.74 Å². The van der Waals surface area contributed by atoms with Crippen LogP contribution in [0.5, 0.6) is 0 Å². The minimum atomic E-state index is 0. The Labute approximate surface area is 144 Å². The van der Waals surface area contributed by atoms with Gasteiger partial charge in [0.15, 0.2) is 5.84 Å². The Morgan fingerprint density at radius 3 is 2.59 bits per heavy atom. The van der Waals surface area contributed by atoms with Gasteiger partial charge in [-0.25, -0.2) is 4.99 Å². The van der Waals surface area contributed by atoms with Gasteiger partial charge < -0.3 is 10.5 Å². The Morgan fingerprint density at radius 2 is 1.91 bits per heavy atom. The third kappa shape index (κ3) is 3.15. The Morgan fingerprint density at radius 1 is 1.18 bits per heavy atom. The van der Waals surface area contributed by atoms with E-state index >= 15 is 0 Å². The first kappa shape index (κ1) is 16.5. The van der Waals surface area contributed by atoms with Crippen LogP contribution in [-0.2, 0) is 0 Å². The molecule has 0 aromatic heterocycles.